The number of carbonyl (C=O) groups is 2. The van der Waals surface area contributed by atoms with E-state index >= 15 is 0 Å². The van der Waals surface area contributed by atoms with Gasteiger partial charge in [0, 0.05) is 35.3 Å². The van der Waals surface area contributed by atoms with Gasteiger partial charge in [-0.15, -0.1) is 11.8 Å². The maximum absolute atomic E-state index is 12.9. The molecule has 4 nitrogen and oxygen atoms in total. The van der Waals surface area contributed by atoms with E-state index in [-0.39, 0.29) is 23.8 Å². The van der Waals surface area contributed by atoms with Crippen molar-refractivity contribution in [2.24, 2.45) is 5.92 Å². The minimum Gasteiger partial charge on any atom is -0.353 e. The van der Waals surface area contributed by atoms with Crippen molar-refractivity contribution in [2.75, 3.05) is 7.05 Å². The summed E-state index contributed by atoms with van der Waals surface area (Å²) in [5, 5.41) is 4.24. The largest absolute Gasteiger partial charge is 0.353 e. The molecular formula is C22H27ClN2O2S. The monoisotopic (exact) mass is 418 g/mol. The lowest BCUT2D eigenvalue weighted by Gasteiger charge is -2.44. The number of rotatable bonds is 3. The molecule has 2 amide bonds. The van der Waals surface area contributed by atoms with E-state index in [4.69, 9.17) is 11.6 Å². The van der Waals surface area contributed by atoms with Crippen molar-refractivity contribution < 1.29 is 9.59 Å². The van der Waals surface area contributed by atoms with Gasteiger partial charge in [0.1, 0.15) is 0 Å². The molecule has 150 valence electrons. The maximum atomic E-state index is 12.9. The fraction of sp³-hybridized carbons (Fsp3) is 0.545. The van der Waals surface area contributed by atoms with Crippen LogP contribution in [0.15, 0.2) is 29.2 Å². The molecule has 1 aromatic carbocycles. The van der Waals surface area contributed by atoms with E-state index < -0.39 is 0 Å². The van der Waals surface area contributed by atoms with Crippen LogP contribution in [-0.2, 0) is 9.59 Å². The Labute approximate surface area is 176 Å². The minimum absolute atomic E-state index is 0.0202. The number of benzene rings is 1. The normalized spacial score (nSPS) is 29.8. The van der Waals surface area contributed by atoms with Crippen molar-refractivity contribution in [3.8, 4) is 0 Å². The van der Waals surface area contributed by atoms with E-state index in [0.29, 0.717) is 16.3 Å². The maximum Gasteiger partial charge on any atom is 0.260 e. The van der Waals surface area contributed by atoms with Crippen molar-refractivity contribution >= 4 is 41.3 Å². The number of halogens is 1. The highest BCUT2D eigenvalue weighted by atomic mass is 35.5. The molecule has 2 aliphatic carbocycles. The van der Waals surface area contributed by atoms with Crippen LogP contribution in [0.5, 0.6) is 0 Å². The molecule has 1 N–H and O–H groups in total. The fourth-order valence-corrected chi connectivity index (χ4v) is 6.32. The zero-order valence-corrected chi connectivity index (χ0v) is 17.8. The van der Waals surface area contributed by atoms with Gasteiger partial charge in [-0.2, -0.15) is 0 Å². The van der Waals surface area contributed by atoms with Gasteiger partial charge in [0.15, 0.2) is 0 Å². The van der Waals surface area contributed by atoms with Crippen molar-refractivity contribution in [1.29, 1.82) is 0 Å². The smallest absolute Gasteiger partial charge is 0.260 e. The summed E-state index contributed by atoms with van der Waals surface area (Å²) in [5.74, 6) is 0.239. The van der Waals surface area contributed by atoms with Gasteiger partial charge in [-0.1, -0.05) is 42.6 Å². The molecule has 0 bridgehead atoms. The third-order valence-electron chi connectivity index (χ3n) is 6.33. The third kappa shape index (κ3) is 4.11. The van der Waals surface area contributed by atoms with Gasteiger partial charge in [-0.3, -0.25) is 9.59 Å². The van der Waals surface area contributed by atoms with Gasteiger partial charge >= 0.3 is 0 Å². The minimum atomic E-state index is 0.0202. The second-order valence-corrected chi connectivity index (χ2v) is 9.86. The van der Waals surface area contributed by atoms with Crippen molar-refractivity contribution in [1.82, 2.24) is 10.2 Å². The summed E-state index contributed by atoms with van der Waals surface area (Å²) in [6.07, 6.45) is 9.16. The standard InChI is InChI=1S/C22H27ClN2O2S/c1-25-18-12-15(21(26)24-16-7-3-4-8-16)10-11-19(18)28-20(22(25)27)13-14-6-2-5-9-17(14)23/h2,5-6,9,13,15-16,18-19H,3-4,7-8,10-12H2,1H3,(H,24,26)/b20-13-. The molecule has 0 aromatic heterocycles. The number of fused-ring (bicyclic) bond motifs is 1. The molecule has 3 aliphatic rings. The van der Waals surface area contributed by atoms with Crippen LogP contribution in [0.4, 0.5) is 0 Å². The first-order valence-electron chi connectivity index (χ1n) is 10.2. The van der Waals surface area contributed by atoms with Gasteiger partial charge in [0.25, 0.3) is 5.91 Å². The second kappa shape index (κ2) is 8.50. The van der Waals surface area contributed by atoms with Crippen LogP contribution in [0.2, 0.25) is 5.02 Å². The van der Waals surface area contributed by atoms with E-state index in [1.165, 1.54) is 12.8 Å². The summed E-state index contributed by atoms with van der Waals surface area (Å²) in [6.45, 7) is 0. The highest BCUT2D eigenvalue weighted by Gasteiger charge is 2.43. The molecule has 2 saturated carbocycles. The molecule has 28 heavy (non-hydrogen) atoms. The van der Waals surface area contributed by atoms with Crippen molar-refractivity contribution in [3.63, 3.8) is 0 Å². The Bertz CT molecular complexity index is 790. The van der Waals surface area contributed by atoms with Gasteiger partial charge in [-0.25, -0.2) is 0 Å². The SMILES string of the molecule is CN1C(=O)/C(=C/c2ccccc2Cl)SC2CCC(C(=O)NC3CCCC3)CC21. The zero-order chi connectivity index (χ0) is 19.7. The van der Waals surface area contributed by atoms with Gasteiger partial charge < -0.3 is 10.2 Å². The predicted octanol–water partition coefficient (Wildman–Crippen LogP) is 4.48. The first-order valence-corrected chi connectivity index (χ1v) is 11.5. The zero-order valence-electron chi connectivity index (χ0n) is 16.2. The third-order valence-corrected chi connectivity index (χ3v) is 8.07. The number of hydrogen-bond acceptors (Lipinski definition) is 3. The van der Waals surface area contributed by atoms with Gasteiger partial charge in [0.2, 0.25) is 5.91 Å². The molecule has 3 atom stereocenters. The van der Waals surface area contributed by atoms with Crippen molar-refractivity contribution in [3.05, 3.63) is 39.8 Å². The first-order chi connectivity index (χ1) is 13.5. The molecule has 1 heterocycles. The molecule has 3 unspecified atom stereocenters. The van der Waals surface area contributed by atoms with Gasteiger partial charge in [-0.05, 0) is 49.8 Å². The lowest BCUT2D eigenvalue weighted by atomic mass is 9.83. The highest BCUT2D eigenvalue weighted by molar-refractivity contribution is 8.04. The average molecular weight is 419 g/mol. The Morgan fingerprint density at radius 1 is 1.21 bits per heavy atom. The molecule has 1 aromatic rings. The second-order valence-electron chi connectivity index (χ2n) is 8.17. The van der Waals surface area contributed by atoms with Crippen LogP contribution in [0.3, 0.4) is 0 Å². The number of nitrogens with one attached hydrogen (secondary N) is 1. The lowest BCUT2D eigenvalue weighted by molar-refractivity contribution is -0.132. The van der Waals surface area contributed by atoms with Crippen LogP contribution in [0.25, 0.3) is 6.08 Å². The Kier molecular flexibility index (Phi) is 6.02. The summed E-state index contributed by atoms with van der Waals surface area (Å²) < 4.78 is 0. The molecule has 3 fully saturated rings. The summed E-state index contributed by atoms with van der Waals surface area (Å²) in [7, 11) is 1.87. The van der Waals surface area contributed by atoms with Crippen LogP contribution in [0, 0.1) is 5.92 Å². The summed E-state index contributed by atoms with van der Waals surface area (Å²) >= 11 is 7.92. The quantitative estimate of drug-likeness (QED) is 0.736. The highest BCUT2D eigenvalue weighted by Crippen LogP contribution is 2.43. The van der Waals surface area contributed by atoms with Crippen LogP contribution in [-0.4, -0.2) is 41.1 Å². The van der Waals surface area contributed by atoms with Crippen LogP contribution < -0.4 is 5.32 Å². The topological polar surface area (TPSA) is 49.4 Å². The van der Waals surface area contributed by atoms with Crippen LogP contribution >= 0.6 is 23.4 Å². The van der Waals surface area contributed by atoms with Crippen LogP contribution in [0.1, 0.15) is 50.5 Å². The van der Waals surface area contributed by atoms with E-state index in [0.717, 1.165) is 42.6 Å². The molecule has 1 aliphatic heterocycles. The van der Waals surface area contributed by atoms with E-state index in [9.17, 15) is 9.59 Å². The van der Waals surface area contributed by atoms with Crippen molar-refractivity contribution in [2.45, 2.75) is 62.3 Å². The molecule has 0 spiro atoms. The number of carbonyl (C=O) groups excluding carboxylic acids is 2. The Morgan fingerprint density at radius 2 is 1.96 bits per heavy atom. The first kappa shape index (κ1) is 19.8. The number of thioether (sulfide) groups is 1. The van der Waals surface area contributed by atoms with Gasteiger partial charge in [0.05, 0.1) is 4.91 Å². The lowest BCUT2D eigenvalue weighted by Crippen LogP contribution is -2.52. The predicted molar refractivity (Wildman–Crippen MR) is 115 cm³/mol. The van der Waals surface area contributed by atoms with E-state index in [1.807, 2.05) is 42.3 Å². The Morgan fingerprint density at radius 3 is 2.71 bits per heavy atom. The molecule has 1 saturated heterocycles. The molecule has 6 heteroatoms. The Hall–Kier alpha value is -1.46. The molecule has 0 radical (unpaired) electrons. The number of nitrogens with zero attached hydrogens (tertiary/aromatic N) is 1. The summed E-state index contributed by atoms with van der Waals surface area (Å²) in [4.78, 5) is 28.2. The summed E-state index contributed by atoms with van der Waals surface area (Å²) in [5.41, 5.74) is 0.872. The number of likely N-dealkylation sites (N-methyl/N-ethyl adjacent to an activating group) is 1. The Balaban J connectivity index is 1.44. The fourth-order valence-electron chi connectivity index (χ4n) is 4.66. The molecular weight excluding hydrogens is 392 g/mol. The number of hydrogen-bond donors (Lipinski definition) is 1. The number of amides is 2. The molecule has 4 rings (SSSR count). The average Bonchev–Trinajstić information content (AvgIpc) is 3.20. The van der Waals surface area contributed by atoms with E-state index in [2.05, 4.69) is 5.32 Å². The summed E-state index contributed by atoms with van der Waals surface area (Å²) in [6, 6.07) is 8.06. The van der Waals surface area contributed by atoms with E-state index in [1.54, 1.807) is 11.8 Å².